The number of Topliss-reactive ketones (excluding diaryl/α,β-unsaturated/α-hetero) is 1. The lowest BCUT2D eigenvalue weighted by atomic mass is 9.92. The van der Waals surface area contributed by atoms with Crippen molar-refractivity contribution in [2.45, 2.75) is 64.8 Å². The highest BCUT2D eigenvalue weighted by atomic mass is 16.5. The third-order valence-corrected chi connectivity index (χ3v) is 7.53. The Kier molecular flexibility index (Phi) is 9.15. The molecular weight excluding hydrogens is 452 g/mol. The minimum Gasteiger partial charge on any atom is -0.494 e. The minimum absolute atomic E-state index is 0.0159. The summed E-state index contributed by atoms with van der Waals surface area (Å²) >= 11 is 0. The number of benzene rings is 2. The third-order valence-electron chi connectivity index (χ3n) is 7.53. The van der Waals surface area contributed by atoms with Crippen LogP contribution in [0.1, 0.15) is 61.6 Å². The lowest BCUT2D eigenvalue weighted by Crippen LogP contribution is -2.40. The van der Waals surface area contributed by atoms with Crippen molar-refractivity contribution in [1.29, 1.82) is 0 Å². The molecule has 36 heavy (non-hydrogen) atoms. The van der Waals surface area contributed by atoms with Crippen LogP contribution in [0.3, 0.4) is 0 Å². The maximum Gasteiger partial charge on any atom is 0.223 e. The summed E-state index contributed by atoms with van der Waals surface area (Å²) in [5, 5.41) is 3.06. The van der Waals surface area contributed by atoms with Gasteiger partial charge in [0.15, 0.2) is 0 Å². The van der Waals surface area contributed by atoms with E-state index in [0.717, 1.165) is 61.2 Å². The molecule has 1 unspecified atom stereocenters. The van der Waals surface area contributed by atoms with Crippen LogP contribution < -0.4 is 10.1 Å². The molecule has 0 saturated carbocycles. The van der Waals surface area contributed by atoms with Gasteiger partial charge in [-0.2, -0.15) is 0 Å². The molecule has 2 aromatic rings. The Balaban J connectivity index is 1.50. The molecule has 4 bridgehead atoms. The highest BCUT2D eigenvalue weighted by Crippen LogP contribution is 2.24. The fourth-order valence-corrected chi connectivity index (χ4v) is 5.22. The first kappa shape index (κ1) is 25.9. The maximum atomic E-state index is 13.2. The molecule has 2 aromatic carbocycles. The molecule has 1 N–H and O–H groups in total. The third kappa shape index (κ3) is 7.42. The Morgan fingerprint density at radius 3 is 2.69 bits per heavy atom. The number of rotatable bonds is 3. The Hall–Kier alpha value is -3.15. The quantitative estimate of drug-likeness (QED) is 0.681. The van der Waals surface area contributed by atoms with Gasteiger partial charge in [0.25, 0.3) is 0 Å². The van der Waals surface area contributed by atoms with Gasteiger partial charge in [-0.15, -0.1) is 0 Å². The van der Waals surface area contributed by atoms with Crippen molar-refractivity contribution in [2.24, 2.45) is 11.8 Å². The number of carbonyl (C=O) groups is 3. The first-order valence-corrected chi connectivity index (χ1v) is 13.3. The molecule has 6 heteroatoms. The Labute approximate surface area is 214 Å². The van der Waals surface area contributed by atoms with Crippen LogP contribution in [0.5, 0.6) is 5.75 Å². The molecule has 2 atom stereocenters. The average molecular weight is 491 g/mol. The molecule has 1 saturated heterocycles. The van der Waals surface area contributed by atoms with Crippen molar-refractivity contribution < 1.29 is 19.1 Å². The average Bonchev–Trinajstić information content (AvgIpc) is 2.90. The molecule has 192 valence electrons. The van der Waals surface area contributed by atoms with Gasteiger partial charge in [-0.3, -0.25) is 14.4 Å². The number of amides is 2. The lowest BCUT2D eigenvalue weighted by molar-refractivity contribution is -0.135. The second-order valence-corrected chi connectivity index (χ2v) is 10.3. The van der Waals surface area contributed by atoms with Crippen LogP contribution in [0.25, 0.3) is 0 Å². The molecule has 2 amide bonds. The predicted octanol–water partition coefficient (Wildman–Crippen LogP) is 4.62. The van der Waals surface area contributed by atoms with Crippen LogP contribution in [0.2, 0.25) is 0 Å². The Bertz CT molecular complexity index is 1050. The minimum atomic E-state index is -0.425. The molecule has 2 aliphatic heterocycles. The van der Waals surface area contributed by atoms with Gasteiger partial charge >= 0.3 is 0 Å². The summed E-state index contributed by atoms with van der Waals surface area (Å²) in [4.78, 5) is 40.9. The van der Waals surface area contributed by atoms with Gasteiger partial charge in [-0.25, -0.2) is 0 Å². The molecule has 1 fully saturated rings. The SMILES string of the molecule is Cc1ccc2cc1CNC(=O)[C@H](CCc1ccccc1)CC(=O)CCC(=O)N1CCCC(CCO2)C1. The molecular formula is C30H38N2O4. The molecule has 4 rings (SSSR count). The van der Waals surface area contributed by atoms with E-state index < -0.39 is 5.92 Å². The first-order valence-electron chi connectivity index (χ1n) is 13.3. The van der Waals surface area contributed by atoms with Crippen LogP contribution in [0, 0.1) is 18.8 Å². The first-order chi connectivity index (χ1) is 17.5. The van der Waals surface area contributed by atoms with Crippen molar-refractivity contribution in [2.75, 3.05) is 19.7 Å². The largest absolute Gasteiger partial charge is 0.494 e. The number of hydrogen-bond acceptors (Lipinski definition) is 4. The van der Waals surface area contributed by atoms with E-state index in [0.29, 0.717) is 25.5 Å². The number of aryl methyl sites for hydroxylation is 2. The lowest BCUT2D eigenvalue weighted by Gasteiger charge is -2.33. The number of nitrogens with zero attached hydrogens (tertiary/aromatic N) is 1. The molecule has 2 heterocycles. The van der Waals surface area contributed by atoms with E-state index in [9.17, 15) is 14.4 Å². The predicted molar refractivity (Wildman–Crippen MR) is 140 cm³/mol. The fourth-order valence-electron chi connectivity index (χ4n) is 5.22. The van der Waals surface area contributed by atoms with E-state index in [-0.39, 0.29) is 36.9 Å². The zero-order chi connectivity index (χ0) is 25.3. The fraction of sp³-hybridized carbons (Fsp3) is 0.500. The second kappa shape index (κ2) is 12.7. The van der Waals surface area contributed by atoms with E-state index in [1.54, 1.807) is 0 Å². The Morgan fingerprint density at radius 2 is 1.86 bits per heavy atom. The summed E-state index contributed by atoms with van der Waals surface area (Å²) in [7, 11) is 0. The zero-order valence-corrected chi connectivity index (χ0v) is 21.3. The number of ketones is 1. The number of piperidine rings is 1. The van der Waals surface area contributed by atoms with Gasteiger partial charge in [0.05, 0.1) is 6.61 Å². The van der Waals surface area contributed by atoms with Gasteiger partial charge in [0, 0.05) is 44.8 Å². The van der Waals surface area contributed by atoms with Crippen LogP contribution in [-0.2, 0) is 27.3 Å². The number of carbonyl (C=O) groups excluding carboxylic acids is 3. The second-order valence-electron chi connectivity index (χ2n) is 10.3. The van der Waals surface area contributed by atoms with Crippen molar-refractivity contribution in [3.05, 3.63) is 65.2 Å². The van der Waals surface area contributed by atoms with E-state index in [1.165, 1.54) is 0 Å². The summed E-state index contributed by atoms with van der Waals surface area (Å²) in [6.07, 6.45) is 4.87. The van der Waals surface area contributed by atoms with Crippen molar-refractivity contribution in [1.82, 2.24) is 10.2 Å². The van der Waals surface area contributed by atoms with Gasteiger partial charge in [-0.05, 0) is 73.8 Å². The normalized spacial score (nSPS) is 22.2. The van der Waals surface area contributed by atoms with Crippen LogP contribution in [0.4, 0.5) is 0 Å². The van der Waals surface area contributed by atoms with Gasteiger partial charge in [-0.1, -0.05) is 36.4 Å². The maximum absolute atomic E-state index is 13.2. The summed E-state index contributed by atoms with van der Waals surface area (Å²) in [6.45, 7) is 4.52. The summed E-state index contributed by atoms with van der Waals surface area (Å²) in [6, 6.07) is 16.0. The molecule has 2 aliphatic rings. The summed E-state index contributed by atoms with van der Waals surface area (Å²) in [5.41, 5.74) is 3.26. The number of nitrogens with one attached hydrogen (secondary N) is 1. The molecule has 0 aliphatic carbocycles. The monoisotopic (exact) mass is 490 g/mol. The van der Waals surface area contributed by atoms with Crippen LogP contribution in [0.15, 0.2) is 48.5 Å². The molecule has 0 radical (unpaired) electrons. The van der Waals surface area contributed by atoms with E-state index in [2.05, 4.69) is 5.32 Å². The Morgan fingerprint density at radius 1 is 1.03 bits per heavy atom. The van der Waals surface area contributed by atoms with Gasteiger partial charge in [0.1, 0.15) is 11.5 Å². The van der Waals surface area contributed by atoms with Gasteiger partial charge < -0.3 is 15.0 Å². The number of ether oxygens (including phenoxy) is 1. The van der Waals surface area contributed by atoms with Crippen molar-refractivity contribution in [3.63, 3.8) is 0 Å². The summed E-state index contributed by atoms with van der Waals surface area (Å²) < 4.78 is 6.05. The highest BCUT2D eigenvalue weighted by Gasteiger charge is 2.26. The van der Waals surface area contributed by atoms with Gasteiger partial charge in [0.2, 0.25) is 11.8 Å². The van der Waals surface area contributed by atoms with Crippen LogP contribution in [-0.4, -0.2) is 42.2 Å². The number of hydrogen-bond donors (Lipinski definition) is 1. The smallest absolute Gasteiger partial charge is 0.223 e. The molecule has 0 aromatic heterocycles. The summed E-state index contributed by atoms with van der Waals surface area (Å²) in [5.74, 6) is 0.706. The standard InChI is InChI=1S/C30H38N2O4/c1-22-9-13-28-19-26(22)20-31-30(35)25(11-10-23-6-3-2-4-7-23)18-27(33)12-14-29(34)32-16-5-8-24(21-32)15-17-36-28/h2-4,6-7,9,13,19,24-25H,5,8,10-12,14-18,20-21H2,1H3,(H,31,35)/t24?,25-/m1/s1. The van der Waals surface area contributed by atoms with E-state index in [1.807, 2.05) is 60.4 Å². The van der Waals surface area contributed by atoms with Crippen molar-refractivity contribution >= 4 is 17.6 Å². The van der Waals surface area contributed by atoms with Crippen molar-refractivity contribution in [3.8, 4) is 5.75 Å². The van der Waals surface area contributed by atoms with E-state index >= 15 is 0 Å². The highest BCUT2D eigenvalue weighted by molar-refractivity contribution is 5.89. The zero-order valence-electron chi connectivity index (χ0n) is 21.3. The topological polar surface area (TPSA) is 75.7 Å². The van der Waals surface area contributed by atoms with Crippen LogP contribution >= 0.6 is 0 Å². The number of fused-ring (bicyclic) bond motifs is 4. The molecule has 6 nitrogen and oxygen atoms in total. The molecule has 0 spiro atoms. The van der Waals surface area contributed by atoms with E-state index in [4.69, 9.17) is 4.74 Å².